The van der Waals surface area contributed by atoms with Gasteiger partial charge in [0.2, 0.25) is 11.8 Å². The Kier molecular flexibility index (Phi) is 3.58. The fraction of sp³-hybridized carbons (Fsp3) is 0.292. The number of benzene rings is 2. The zero-order chi connectivity index (χ0) is 20.6. The number of hydrogen-bond donors (Lipinski definition) is 1. The number of nitrogens with zero attached hydrogens (tertiary/aromatic N) is 1. The molecule has 6 heteroatoms. The molecule has 3 amide bonds. The number of carbonyl (C=O) groups excluding carboxylic acids is 3. The van der Waals surface area contributed by atoms with Gasteiger partial charge in [-0.1, -0.05) is 18.2 Å². The molecule has 2 aromatic rings. The summed E-state index contributed by atoms with van der Waals surface area (Å²) < 4.78 is 13.1. The Labute approximate surface area is 172 Å². The minimum atomic E-state index is -0.386. The summed E-state index contributed by atoms with van der Waals surface area (Å²) in [5.74, 6) is -0.187. The van der Waals surface area contributed by atoms with Crippen molar-refractivity contribution in [2.75, 3.05) is 10.2 Å². The Morgan fingerprint density at radius 3 is 2.20 bits per heavy atom. The molecule has 1 heterocycles. The maximum absolute atomic E-state index is 13.2. The summed E-state index contributed by atoms with van der Waals surface area (Å²) in [5, 5.41) is 2.71. The molecule has 0 aromatic heterocycles. The van der Waals surface area contributed by atoms with Crippen molar-refractivity contribution in [3.63, 3.8) is 0 Å². The summed E-state index contributed by atoms with van der Waals surface area (Å²) in [5.41, 5.74) is 1.23. The van der Waals surface area contributed by atoms with E-state index in [9.17, 15) is 18.8 Å². The molecule has 0 unspecified atom stereocenters. The van der Waals surface area contributed by atoms with Crippen LogP contribution < -0.4 is 10.2 Å². The van der Waals surface area contributed by atoms with Gasteiger partial charge in [0, 0.05) is 11.3 Å². The van der Waals surface area contributed by atoms with E-state index in [-0.39, 0.29) is 47.2 Å². The van der Waals surface area contributed by atoms with Crippen molar-refractivity contribution in [2.45, 2.75) is 6.42 Å². The minimum Gasteiger partial charge on any atom is -0.322 e. The quantitative estimate of drug-likeness (QED) is 0.630. The van der Waals surface area contributed by atoms with Crippen LogP contribution in [0.2, 0.25) is 0 Å². The number of halogens is 1. The maximum atomic E-state index is 13.2. The lowest BCUT2D eigenvalue weighted by Crippen LogP contribution is -2.40. The van der Waals surface area contributed by atoms with Crippen LogP contribution in [0.1, 0.15) is 16.8 Å². The molecular formula is C24H19FN2O3. The second-order valence-corrected chi connectivity index (χ2v) is 8.68. The molecule has 30 heavy (non-hydrogen) atoms. The second kappa shape index (κ2) is 6.11. The largest absolute Gasteiger partial charge is 0.322 e. The van der Waals surface area contributed by atoms with Crippen LogP contribution in [0.5, 0.6) is 0 Å². The zero-order valence-corrected chi connectivity index (χ0v) is 16.0. The van der Waals surface area contributed by atoms with E-state index < -0.39 is 0 Å². The van der Waals surface area contributed by atoms with Gasteiger partial charge in [-0.25, -0.2) is 9.29 Å². The van der Waals surface area contributed by atoms with Crippen LogP contribution in [0.4, 0.5) is 15.8 Å². The van der Waals surface area contributed by atoms with Crippen LogP contribution >= 0.6 is 0 Å². The molecule has 150 valence electrons. The van der Waals surface area contributed by atoms with Crippen molar-refractivity contribution in [2.24, 2.45) is 35.5 Å². The van der Waals surface area contributed by atoms with E-state index in [0.29, 0.717) is 28.8 Å². The highest BCUT2D eigenvalue weighted by molar-refractivity contribution is 6.23. The summed E-state index contributed by atoms with van der Waals surface area (Å²) in [6.07, 6.45) is 5.40. The van der Waals surface area contributed by atoms with E-state index in [0.717, 1.165) is 6.42 Å². The first kappa shape index (κ1) is 17.6. The molecule has 2 saturated carbocycles. The fourth-order valence-corrected chi connectivity index (χ4v) is 5.73. The Bertz CT molecular complexity index is 1090. The van der Waals surface area contributed by atoms with Crippen molar-refractivity contribution >= 4 is 29.1 Å². The van der Waals surface area contributed by atoms with Crippen molar-refractivity contribution in [3.8, 4) is 0 Å². The highest BCUT2D eigenvalue weighted by atomic mass is 19.1. The third-order valence-corrected chi connectivity index (χ3v) is 7.13. The summed E-state index contributed by atoms with van der Waals surface area (Å²) in [6, 6.07) is 12.0. The van der Waals surface area contributed by atoms with E-state index in [1.54, 1.807) is 24.3 Å². The van der Waals surface area contributed by atoms with Gasteiger partial charge in [-0.3, -0.25) is 14.4 Å². The SMILES string of the molecule is O=C(Nc1ccc(F)cc1)c1cccc(N2C(=O)[C@@H]3[C@H]4C=C[C@@H]([C@@H]5C[C@@H]45)[C@@H]3C2=O)c1. The van der Waals surface area contributed by atoms with E-state index in [1.807, 2.05) is 0 Å². The number of rotatable bonds is 3. The summed E-state index contributed by atoms with van der Waals surface area (Å²) in [4.78, 5) is 40.4. The monoisotopic (exact) mass is 402 g/mol. The van der Waals surface area contributed by atoms with Gasteiger partial charge in [-0.05, 0) is 72.6 Å². The molecule has 0 radical (unpaired) electrons. The zero-order valence-electron chi connectivity index (χ0n) is 16.0. The molecule has 7 rings (SSSR count). The van der Waals surface area contributed by atoms with E-state index >= 15 is 0 Å². The Morgan fingerprint density at radius 2 is 1.57 bits per heavy atom. The van der Waals surface area contributed by atoms with Crippen LogP contribution in [-0.2, 0) is 9.59 Å². The van der Waals surface area contributed by atoms with Gasteiger partial charge >= 0.3 is 0 Å². The van der Waals surface area contributed by atoms with E-state index in [4.69, 9.17) is 0 Å². The van der Waals surface area contributed by atoms with Gasteiger partial charge < -0.3 is 5.32 Å². The summed E-state index contributed by atoms with van der Waals surface area (Å²) >= 11 is 0. The minimum absolute atomic E-state index is 0.147. The predicted molar refractivity (Wildman–Crippen MR) is 108 cm³/mol. The number of amides is 3. The van der Waals surface area contributed by atoms with Crippen molar-refractivity contribution in [1.82, 2.24) is 0 Å². The van der Waals surface area contributed by atoms with Gasteiger partial charge in [-0.2, -0.15) is 0 Å². The average molecular weight is 402 g/mol. The number of carbonyl (C=O) groups is 3. The molecule has 1 N–H and O–H groups in total. The topological polar surface area (TPSA) is 66.5 Å². The average Bonchev–Trinajstić information content (AvgIpc) is 3.53. The van der Waals surface area contributed by atoms with Crippen molar-refractivity contribution in [1.29, 1.82) is 0 Å². The van der Waals surface area contributed by atoms with Crippen LogP contribution in [0, 0.1) is 41.3 Å². The standard InChI is InChI=1S/C24H19FN2O3/c25-13-4-6-14(7-5-13)26-22(28)12-2-1-3-15(10-12)27-23(29)20-16-8-9-17(19-11-18(16)19)21(20)24(27)30/h1-10,16-21H,11H2,(H,26,28)/t16-,17-,18-,19-,20-,21+/m0/s1. The highest BCUT2D eigenvalue weighted by Gasteiger charge is 2.67. The highest BCUT2D eigenvalue weighted by Crippen LogP contribution is 2.65. The Balaban J connectivity index is 1.28. The van der Waals surface area contributed by atoms with Crippen LogP contribution in [-0.4, -0.2) is 17.7 Å². The number of nitrogens with one attached hydrogen (secondary N) is 1. The van der Waals surface area contributed by atoms with Gasteiger partial charge in [0.1, 0.15) is 5.82 Å². The second-order valence-electron chi connectivity index (χ2n) is 8.68. The predicted octanol–water partition coefficient (Wildman–Crippen LogP) is 3.64. The van der Waals surface area contributed by atoms with Gasteiger partial charge in [-0.15, -0.1) is 0 Å². The Morgan fingerprint density at radius 1 is 0.933 bits per heavy atom. The molecule has 2 aromatic carbocycles. The lowest BCUT2D eigenvalue weighted by atomic mass is 9.63. The van der Waals surface area contributed by atoms with E-state index in [2.05, 4.69) is 17.5 Å². The molecule has 3 fully saturated rings. The summed E-state index contributed by atoms with van der Waals surface area (Å²) in [7, 11) is 0. The first-order chi connectivity index (χ1) is 14.5. The lowest BCUT2D eigenvalue weighted by molar-refractivity contribution is -0.124. The van der Waals surface area contributed by atoms with Crippen LogP contribution in [0.3, 0.4) is 0 Å². The molecule has 6 atom stereocenters. The van der Waals surface area contributed by atoms with Crippen LogP contribution in [0.25, 0.3) is 0 Å². The molecule has 2 bridgehead atoms. The van der Waals surface area contributed by atoms with E-state index in [1.165, 1.54) is 29.2 Å². The molecule has 1 aliphatic heterocycles. The number of anilines is 2. The molecule has 0 spiro atoms. The van der Waals surface area contributed by atoms with Crippen molar-refractivity contribution < 1.29 is 18.8 Å². The Hall–Kier alpha value is -3.28. The molecule has 1 saturated heterocycles. The normalized spacial score (nSPS) is 32.8. The van der Waals surface area contributed by atoms with Crippen LogP contribution in [0.15, 0.2) is 60.7 Å². The number of imide groups is 1. The van der Waals surface area contributed by atoms with Gasteiger partial charge in [0.25, 0.3) is 5.91 Å². The van der Waals surface area contributed by atoms with Gasteiger partial charge in [0.05, 0.1) is 17.5 Å². The first-order valence-electron chi connectivity index (χ1n) is 10.3. The van der Waals surface area contributed by atoms with Crippen molar-refractivity contribution in [3.05, 3.63) is 72.1 Å². The molecular weight excluding hydrogens is 383 g/mol. The first-order valence-corrected chi connectivity index (χ1v) is 10.3. The van der Waals surface area contributed by atoms with Gasteiger partial charge in [0.15, 0.2) is 0 Å². The third-order valence-electron chi connectivity index (χ3n) is 7.13. The molecule has 5 nitrogen and oxygen atoms in total. The number of allylic oxidation sites excluding steroid dienone is 2. The molecule has 5 aliphatic rings. The lowest BCUT2D eigenvalue weighted by Gasteiger charge is -2.37. The summed E-state index contributed by atoms with van der Waals surface area (Å²) in [6.45, 7) is 0. The smallest absolute Gasteiger partial charge is 0.255 e. The number of hydrogen-bond acceptors (Lipinski definition) is 3. The fourth-order valence-electron chi connectivity index (χ4n) is 5.73. The maximum Gasteiger partial charge on any atom is 0.255 e. The third kappa shape index (κ3) is 2.43. The molecule has 4 aliphatic carbocycles.